The van der Waals surface area contributed by atoms with Crippen molar-refractivity contribution in [3.8, 4) is 0 Å². The van der Waals surface area contributed by atoms with Crippen LogP contribution in [0.4, 0.5) is 4.79 Å². The van der Waals surface area contributed by atoms with Gasteiger partial charge in [-0.2, -0.15) is 0 Å². The zero-order chi connectivity index (χ0) is 17.9. The first-order valence-corrected chi connectivity index (χ1v) is 8.20. The Morgan fingerprint density at radius 1 is 1.29 bits per heavy atom. The Labute approximate surface area is 142 Å². The van der Waals surface area contributed by atoms with Crippen molar-refractivity contribution in [3.63, 3.8) is 0 Å². The molecule has 1 aromatic carbocycles. The number of hydrogen-bond donors (Lipinski definition) is 2. The van der Waals surface area contributed by atoms with Gasteiger partial charge in [-0.15, -0.1) is 0 Å². The second-order valence-corrected chi connectivity index (χ2v) is 7.18. The molecule has 24 heavy (non-hydrogen) atoms. The van der Waals surface area contributed by atoms with Crippen molar-refractivity contribution in [2.24, 2.45) is 0 Å². The van der Waals surface area contributed by atoms with Crippen LogP contribution in [-0.4, -0.2) is 46.3 Å². The molecule has 0 aliphatic carbocycles. The number of β-amino-alcohol motifs (C(OH)–C–C–N with tert-alkyl or cyclic N) is 1. The van der Waals surface area contributed by atoms with Crippen LogP contribution in [0.3, 0.4) is 0 Å². The number of nitrogens with one attached hydrogen (secondary N) is 1. The lowest BCUT2D eigenvalue weighted by atomic mass is 10.1. The summed E-state index contributed by atoms with van der Waals surface area (Å²) in [6.07, 6.45) is -1.08. The van der Waals surface area contributed by atoms with Crippen LogP contribution in [0, 0.1) is 0 Å². The molecule has 2 amide bonds. The van der Waals surface area contributed by atoms with Gasteiger partial charge in [0.2, 0.25) is 5.91 Å². The van der Waals surface area contributed by atoms with E-state index in [1.54, 1.807) is 20.8 Å². The number of benzene rings is 1. The number of likely N-dealkylation sites (tertiary alicyclic amines) is 1. The highest BCUT2D eigenvalue weighted by Gasteiger charge is 2.41. The quantitative estimate of drug-likeness (QED) is 0.888. The Hall–Kier alpha value is -2.08. The predicted molar refractivity (Wildman–Crippen MR) is 90.4 cm³/mol. The summed E-state index contributed by atoms with van der Waals surface area (Å²) in [6.45, 7) is 7.29. The molecule has 1 unspecified atom stereocenters. The highest BCUT2D eigenvalue weighted by molar-refractivity contribution is 5.86. The average molecular weight is 334 g/mol. The van der Waals surface area contributed by atoms with Crippen LogP contribution >= 0.6 is 0 Å². The molecule has 1 saturated heterocycles. The number of rotatable bonds is 3. The number of ether oxygens (including phenoxy) is 1. The SMILES string of the molecule is CC(NC(=O)[C@@H]1C[C@@H](O)CN1C(=O)OC(C)(C)C)c1ccccc1. The lowest BCUT2D eigenvalue weighted by molar-refractivity contribution is -0.126. The Morgan fingerprint density at radius 3 is 2.50 bits per heavy atom. The van der Waals surface area contributed by atoms with Gasteiger partial charge in [0.1, 0.15) is 11.6 Å². The van der Waals surface area contributed by atoms with Crippen LogP contribution in [0.15, 0.2) is 30.3 Å². The second kappa shape index (κ2) is 7.21. The minimum absolute atomic E-state index is 0.104. The highest BCUT2D eigenvalue weighted by Crippen LogP contribution is 2.22. The summed E-state index contributed by atoms with van der Waals surface area (Å²) in [7, 11) is 0. The molecule has 0 radical (unpaired) electrons. The van der Waals surface area contributed by atoms with E-state index in [-0.39, 0.29) is 24.9 Å². The Kier molecular flexibility index (Phi) is 5.49. The number of hydrogen-bond acceptors (Lipinski definition) is 4. The van der Waals surface area contributed by atoms with Gasteiger partial charge in [-0.3, -0.25) is 9.69 Å². The Bertz CT molecular complexity index is 582. The van der Waals surface area contributed by atoms with E-state index in [0.29, 0.717) is 0 Å². The van der Waals surface area contributed by atoms with Crippen molar-refractivity contribution in [2.75, 3.05) is 6.54 Å². The third kappa shape index (κ3) is 4.71. The van der Waals surface area contributed by atoms with Gasteiger partial charge in [0.25, 0.3) is 0 Å². The first kappa shape index (κ1) is 18.3. The van der Waals surface area contributed by atoms with E-state index in [2.05, 4.69) is 5.32 Å². The minimum Gasteiger partial charge on any atom is -0.444 e. The fourth-order valence-corrected chi connectivity index (χ4v) is 2.72. The smallest absolute Gasteiger partial charge is 0.411 e. The van der Waals surface area contributed by atoms with Crippen LogP contribution in [0.1, 0.15) is 45.7 Å². The van der Waals surface area contributed by atoms with E-state index in [4.69, 9.17) is 4.74 Å². The molecule has 2 N–H and O–H groups in total. The van der Waals surface area contributed by atoms with Gasteiger partial charge in [0.15, 0.2) is 0 Å². The van der Waals surface area contributed by atoms with Crippen LogP contribution < -0.4 is 5.32 Å². The predicted octanol–water partition coefficient (Wildman–Crippen LogP) is 2.23. The van der Waals surface area contributed by atoms with Gasteiger partial charge in [0, 0.05) is 6.42 Å². The number of carbonyl (C=O) groups is 2. The first-order chi connectivity index (χ1) is 11.2. The molecule has 1 aliphatic heterocycles. The Morgan fingerprint density at radius 2 is 1.92 bits per heavy atom. The number of carbonyl (C=O) groups excluding carboxylic acids is 2. The first-order valence-electron chi connectivity index (χ1n) is 8.20. The van der Waals surface area contributed by atoms with E-state index >= 15 is 0 Å². The van der Waals surface area contributed by atoms with Gasteiger partial charge in [-0.25, -0.2) is 4.79 Å². The lowest BCUT2D eigenvalue weighted by Crippen LogP contribution is -2.48. The molecular formula is C18H26N2O4. The van der Waals surface area contributed by atoms with Gasteiger partial charge in [-0.1, -0.05) is 30.3 Å². The van der Waals surface area contributed by atoms with Crippen molar-refractivity contribution in [1.82, 2.24) is 10.2 Å². The lowest BCUT2D eigenvalue weighted by Gasteiger charge is -2.28. The van der Waals surface area contributed by atoms with Gasteiger partial charge >= 0.3 is 6.09 Å². The molecule has 0 bridgehead atoms. The van der Waals surface area contributed by atoms with Gasteiger partial charge in [-0.05, 0) is 33.3 Å². The molecule has 132 valence electrons. The summed E-state index contributed by atoms with van der Waals surface area (Å²) < 4.78 is 5.34. The molecular weight excluding hydrogens is 308 g/mol. The van der Waals surface area contributed by atoms with Crippen molar-refractivity contribution < 1.29 is 19.4 Å². The van der Waals surface area contributed by atoms with Crippen LogP contribution in [-0.2, 0) is 9.53 Å². The largest absolute Gasteiger partial charge is 0.444 e. The van der Waals surface area contributed by atoms with Crippen LogP contribution in [0.2, 0.25) is 0 Å². The van der Waals surface area contributed by atoms with Gasteiger partial charge < -0.3 is 15.2 Å². The highest BCUT2D eigenvalue weighted by atomic mass is 16.6. The van der Waals surface area contributed by atoms with Crippen LogP contribution in [0.5, 0.6) is 0 Å². The summed E-state index contributed by atoms with van der Waals surface area (Å²) >= 11 is 0. The standard InChI is InChI=1S/C18H26N2O4/c1-12(13-8-6-5-7-9-13)19-16(22)15-10-14(21)11-20(15)17(23)24-18(2,3)4/h5-9,12,14-15,21H,10-11H2,1-4H3,(H,19,22)/t12?,14-,15+/m1/s1. The zero-order valence-corrected chi connectivity index (χ0v) is 14.7. The maximum atomic E-state index is 12.6. The maximum absolute atomic E-state index is 12.6. The van der Waals surface area contributed by atoms with Crippen molar-refractivity contribution in [3.05, 3.63) is 35.9 Å². The third-order valence-electron chi connectivity index (χ3n) is 3.87. The number of aliphatic hydroxyl groups excluding tert-OH is 1. The second-order valence-electron chi connectivity index (χ2n) is 7.18. The normalized spacial score (nSPS) is 22.1. The maximum Gasteiger partial charge on any atom is 0.411 e. The van der Waals surface area contributed by atoms with Crippen molar-refractivity contribution >= 4 is 12.0 Å². The fourth-order valence-electron chi connectivity index (χ4n) is 2.72. The monoisotopic (exact) mass is 334 g/mol. The summed E-state index contributed by atoms with van der Waals surface area (Å²) in [6, 6.07) is 8.68. The van der Waals surface area contributed by atoms with Gasteiger partial charge in [0.05, 0.1) is 18.7 Å². The minimum atomic E-state index is -0.722. The summed E-state index contributed by atoms with van der Waals surface area (Å²) in [5.74, 6) is -0.284. The molecule has 0 spiro atoms. The van der Waals surface area contributed by atoms with E-state index in [0.717, 1.165) is 5.56 Å². The molecule has 6 nitrogen and oxygen atoms in total. The molecule has 0 saturated carbocycles. The van der Waals surface area contributed by atoms with E-state index in [1.165, 1.54) is 4.90 Å². The molecule has 1 aliphatic rings. The zero-order valence-electron chi connectivity index (χ0n) is 14.7. The average Bonchev–Trinajstić information content (AvgIpc) is 2.88. The van der Waals surface area contributed by atoms with Crippen molar-refractivity contribution in [1.29, 1.82) is 0 Å². The van der Waals surface area contributed by atoms with E-state index in [1.807, 2.05) is 37.3 Å². The molecule has 1 heterocycles. The molecule has 3 atom stereocenters. The number of nitrogens with zero attached hydrogens (tertiary/aromatic N) is 1. The summed E-state index contributed by atoms with van der Waals surface area (Å²) in [4.78, 5) is 26.2. The Balaban J connectivity index is 2.05. The fraction of sp³-hybridized carbons (Fsp3) is 0.556. The molecule has 1 fully saturated rings. The van der Waals surface area contributed by atoms with Crippen LogP contribution in [0.25, 0.3) is 0 Å². The molecule has 2 rings (SSSR count). The van der Waals surface area contributed by atoms with Crippen molar-refractivity contribution in [2.45, 2.75) is 57.9 Å². The number of amides is 2. The molecule has 1 aromatic rings. The van der Waals surface area contributed by atoms with E-state index < -0.39 is 23.8 Å². The molecule has 0 aromatic heterocycles. The number of aliphatic hydroxyl groups is 1. The summed E-state index contributed by atoms with van der Waals surface area (Å²) in [5, 5.41) is 12.8. The summed E-state index contributed by atoms with van der Waals surface area (Å²) in [5.41, 5.74) is 0.330. The molecule has 6 heteroatoms. The topological polar surface area (TPSA) is 78.9 Å². The third-order valence-corrected chi connectivity index (χ3v) is 3.87. The van der Waals surface area contributed by atoms with E-state index in [9.17, 15) is 14.7 Å².